The van der Waals surface area contributed by atoms with Crippen LogP contribution < -0.4 is 5.32 Å². The first-order valence-electron chi connectivity index (χ1n) is 6.80. The normalized spacial score (nSPS) is 12.5. The van der Waals surface area contributed by atoms with Gasteiger partial charge in [-0.3, -0.25) is 0 Å². The zero-order valence-corrected chi connectivity index (χ0v) is 11.6. The van der Waals surface area contributed by atoms with Gasteiger partial charge in [0, 0.05) is 6.07 Å². The molecule has 0 amide bonds. The zero-order valence-electron chi connectivity index (χ0n) is 11.6. The third kappa shape index (κ3) is 2.65. The summed E-state index contributed by atoms with van der Waals surface area (Å²) in [7, 11) is 1.79. The Labute approximate surface area is 122 Å². The first kappa shape index (κ1) is 13.7. The molecule has 0 heterocycles. The van der Waals surface area contributed by atoms with Gasteiger partial charge in [-0.1, -0.05) is 42.5 Å². The molecule has 3 heteroatoms. The van der Waals surface area contributed by atoms with Crippen LogP contribution in [0.4, 0.5) is 8.78 Å². The molecule has 3 rings (SSSR count). The first-order valence-corrected chi connectivity index (χ1v) is 6.80. The molecule has 1 unspecified atom stereocenters. The summed E-state index contributed by atoms with van der Waals surface area (Å²) in [6, 6.07) is 17.3. The molecular formula is C18H15F2N. The quantitative estimate of drug-likeness (QED) is 0.750. The molecule has 0 bridgehead atoms. The van der Waals surface area contributed by atoms with Crippen molar-refractivity contribution < 1.29 is 8.78 Å². The molecule has 3 aromatic carbocycles. The van der Waals surface area contributed by atoms with Gasteiger partial charge in [0.1, 0.15) is 11.6 Å². The van der Waals surface area contributed by atoms with Crippen LogP contribution in [0.1, 0.15) is 17.2 Å². The van der Waals surface area contributed by atoms with E-state index < -0.39 is 11.6 Å². The van der Waals surface area contributed by atoms with Crippen molar-refractivity contribution in [3.63, 3.8) is 0 Å². The van der Waals surface area contributed by atoms with Gasteiger partial charge in [0.2, 0.25) is 0 Å². The molecule has 21 heavy (non-hydrogen) atoms. The molecule has 0 aliphatic heterocycles. The summed E-state index contributed by atoms with van der Waals surface area (Å²) in [6.45, 7) is 0. The highest BCUT2D eigenvalue weighted by Crippen LogP contribution is 2.29. The van der Waals surface area contributed by atoms with Crippen molar-refractivity contribution in [2.24, 2.45) is 0 Å². The Bertz CT molecular complexity index is 758. The van der Waals surface area contributed by atoms with Gasteiger partial charge >= 0.3 is 0 Å². The van der Waals surface area contributed by atoms with E-state index in [4.69, 9.17) is 0 Å². The predicted molar refractivity (Wildman–Crippen MR) is 81.2 cm³/mol. The van der Waals surface area contributed by atoms with Gasteiger partial charge in [0.15, 0.2) is 0 Å². The molecular weight excluding hydrogens is 268 g/mol. The SMILES string of the molecule is CNC(c1cc(F)cc(F)c1)c1cccc2ccccc12. The lowest BCUT2D eigenvalue weighted by Gasteiger charge is -2.19. The first-order chi connectivity index (χ1) is 10.2. The molecule has 106 valence electrons. The minimum atomic E-state index is -0.564. The summed E-state index contributed by atoms with van der Waals surface area (Å²) >= 11 is 0. The van der Waals surface area contributed by atoms with Gasteiger partial charge < -0.3 is 5.32 Å². The molecule has 0 aromatic heterocycles. The average molecular weight is 283 g/mol. The Kier molecular flexibility index (Phi) is 3.67. The van der Waals surface area contributed by atoms with E-state index in [9.17, 15) is 8.78 Å². The topological polar surface area (TPSA) is 12.0 Å². The van der Waals surface area contributed by atoms with Gasteiger partial charge in [-0.05, 0) is 41.1 Å². The van der Waals surface area contributed by atoms with Gasteiger partial charge in [0.05, 0.1) is 6.04 Å². The van der Waals surface area contributed by atoms with Crippen LogP contribution in [-0.4, -0.2) is 7.05 Å². The van der Waals surface area contributed by atoms with Gasteiger partial charge in [0.25, 0.3) is 0 Å². The number of hydrogen-bond donors (Lipinski definition) is 1. The fraction of sp³-hybridized carbons (Fsp3) is 0.111. The maximum Gasteiger partial charge on any atom is 0.126 e. The van der Waals surface area contributed by atoms with E-state index >= 15 is 0 Å². The minimum Gasteiger partial charge on any atom is -0.309 e. The lowest BCUT2D eigenvalue weighted by Crippen LogP contribution is -2.18. The van der Waals surface area contributed by atoms with Crippen molar-refractivity contribution in [3.8, 4) is 0 Å². The van der Waals surface area contributed by atoms with E-state index in [-0.39, 0.29) is 6.04 Å². The summed E-state index contributed by atoms with van der Waals surface area (Å²) < 4.78 is 27.0. The maximum atomic E-state index is 13.5. The molecule has 1 nitrogen and oxygen atoms in total. The van der Waals surface area contributed by atoms with Crippen molar-refractivity contribution >= 4 is 10.8 Å². The second kappa shape index (κ2) is 5.62. The second-order valence-electron chi connectivity index (χ2n) is 4.99. The Balaban J connectivity index is 2.18. The highest BCUT2D eigenvalue weighted by atomic mass is 19.1. The van der Waals surface area contributed by atoms with Gasteiger partial charge in [-0.2, -0.15) is 0 Å². The third-order valence-corrected chi connectivity index (χ3v) is 3.64. The summed E-state index contributed by atoms with van der Waals surface area (Å²) in [5, 5.41) is 5.32. The lowest BCUT2D eigenvalue weighted by atomic mass is 9.94. The van der Waals surface area contributed by atoms with E-state index in [1.54, 1.807) is 7.05 Å². The highest BCUT2D eigenvalue weighted by molar-refractivity contribution is 5.86. The zero-order chi connectivity index (χ0) is 14.8. The van der Waals surface area contributed by atoms with Crippen LogP contribution in [0.5, 0.6) is 0 Å². The van der Waals surface area contributed by atoms with Gasteiger partial charge in [-0.25, -0.2) is 8.78 Å². The molecule has 0 saturated carbocycles. The van der Waals surface area contributed by atoms with Crippen LogP contribution >= 0.6 is 0 Å². The predicted octanol–water partition coefficient (Wildman–Crippen LogP) is 4.43. The number of rotatable bonds is 3. The lowest BCUT2D eigenvalue weighted by molar-refractivity contribution is 0.572. The van der Waals surface area contributed by atoms with Crippen molar-refractivity contribution in [1.29, 1.82) is 0 Å². The van der Waals surface area contributed by atoms with Crippen LogP contribution in [0.15, 0.2) is 60.7 Å². The smallest absolute Gasteiger partial charge is 0.126 e. The van der Waals surface area contributed by atoms with E-state index in [1.807, 2.05) is 42.5 Å². The van der Waals surface area contributed by atoms with Crippen LogP contribution in [0.3, 0.4) is 0 Å². The molecule has 1 atom stereocenters. The summed E-state index contributed by atoms with van der Waals surface area (Å²) in [4.78, 5) is 0. The summed E-state index contributed by atoms with van der Waals surface area (Å²) in [6.07, 6.45) is 0. The van der Waals surface area contributed by atoms with Gasteiger partial charge in [-0.15, -0.1) is 0 Å². The molecule has 0 fully saturated rings. The third-order valence-electron chi connectivity index (χ3n) is 3.64. The van der Waals surface area contributed by atoms with Crippen LogP contribution in [0.25, 0.3) is 10.8 Å². The summed E-state index contributed by atoms with van der Waals surface area (Å²) in [5.74, 6) is -1.13. The van der Waals surface area contributed by atoms with Crippen LogP contribution in [0.2, 0.25) is 0 Å². The van der Waals surface area contributed by atoms with Crippen LogP contribution in [0, 0.1) is 11.6 Å². The highest BCUT2D eigenvalue weighted by Gasteiger charge is 2.16. The van der Waals surface area contributed by atoms with E-state index in [1.165, 1.54) is 12.1 Å². The molecule has 0 spiro atoms. The molecule has 0 radical (unpaired) electrons. The second-order valence-corrected chi connectivity index (χ2v) is 4.99. The molecule has 0 saturated heterocycles. The van der Waals surface area contributed by atoms with E-state index in [0.29, 0.717) is 5.56 Å². The van der Waals surface area contributed by atoms with E-state index in [2.05, 4.69) is 5.32 Å². The maximum absolute atomic E-state index is 13.5. The largest absolute Gasteiger partial charge is 0.309 e. The Hall–Kier alpha value is -2.26. The molecule has 0 aliphatic rings. The van der Waals surface area contributed by atoms with Crippen LogP contribution in [-0.2, 0) is 0 Å². The molecule has 3 aromatic rings. The fourth-order valence-corrected chi connectivity index (χ4v) is 2.75. The van der Waals surface area contributed by atoms with Crippen molar-refractivity contribution in [2.45, 2.75) is 6.04 Å². The minimum absolute atomic E-state index is 0.263. The monoisotopic (exact) mass is 283 g/mol. The standard InChI is InChI=1S/C18H15F2N/c1-21-18(13-9-14(19)11-15(20)10-13)17-8-4-6-12-5-2-3-7-16(12)17/h2-11,18,21H,1H3. The molecule has 1 N–H and O–H groups in total. The van der Waals surface area contributed by atoms with E-state index in [0.717, 1.165) is 22.4 Å². The number of halogens is 2. The Morgan fingerprint density at radius 1 is 0.857 bits per heavy atom. The molecule has 0 aliphatic carbocycles. The Morgan fingerprint density at radius 2 is 1.52 bits per heavy atom. The van der Waals surface area contributed by atoms with Crippen molar-refractivity contribution in [2.75, 3.05) is 7.05 Å². The van der Waals surface area contributed by atoms with Crippen molar-refractivity contribution in [3.05, 3.63) is 83.4 Å². The number of benzene rings is 3. The number of hydrogen-bond acceptors (Lipinski definition) is 1. The fourth-order valence-electron chi connectivity index (χ4n) is 2.75. The number of nitrogens with one attached hydrogen (secondary N) is 1. The number of fused-ring (bicyclic) bond motifs is 1. The Morgan fingerprint density at radius 3 is 2.24 bits per heavy atom. The van der Waals surface area contributed by atoms with Crippen molar-refractivity contribution in [1.82, 2.24) is 5.32 Å². The average Bonchev–Trinajstić information content (AvgIpc) is 2.47. The summed E-state index contributed by atoms with van der Waals surface area (Å²) in [5.41, 5.74) is 1.58.